The molecular weight excluding hydrogens is 196 g/mol. The van der Waals surface area contributed by atoms with Crippen LogP contribution < -0.4 is 5.32 Å². The Hall–Kier alpha value is -1.26. The van der Waals surface area contributed by atoms with Gasteiger partial charge in [0, 0.05) is 13.1 Å². The topological polar surface area (TPSA) is 69.6 Å². The van der Waals surface area contributed by atoms with Gasteiger partial charge in [0.2, 0.25) is 0 Å². The number of unbranched alkanes of at least 4 members (excludes halogenated alkanes) is 1. The summed E-state index contributed by atoms with van der Waals surface area (Å²) in [6, 6.07) is -1.14. The van der Waals surface area contributed by atoms with E-state index in [0.717, 1.165) is 12.8 Å². The third-order valence-electron chi connectivity index (χ3n) is 2.16. The number of urea groups is 1. The van der Waals surface area contributed by atoms with Gasteiger partial charge in [-0.25, -0.2) is 4.79 Å². The normalized spacial score (nSPS) is 11.9. The average molecular weight is 216 g/mol. The fourth-order valence-corrected chi connectivity index (χ4v) is 1.09. The Balaban J connectivity index is 4.09. The highest BCUT2D eigenvalue weighted by atomic mass is 16.4. The molecule has 15 heavy (non-hydrogen) atoms. The van der Waals surface area contributed by atoms with Crippen molar-refractivity contribution in [3.05, 3.63) is 0 Å². The SMILES string of the molecule is CCCCN(CC)C(=O)NC(C)C(=O)O. The number of hydrogen-bond donors (Lipinski definition) is 2. The van der Waals surface area contributed by atoms with Crippen LogP contribution >= 0.6 is 0 Å². The van der Waals surface area contributed by atoms with Crippen LogP contribution in [0, 0.1) is 0 Å². The molecule has 0 aliphatic rings. The van der Waals surface area contributed by atoms with Crippen molar-refractivity contribution in [3.8, 4) is 0 Å². The Kier molecular flexibility index (Phi) is 6.49. The van der Waals surface area contributed by atoms with E-state index in [1.165, 1.54) is 6.92 Å². The minimum atomic E-state index is -1.02. The number of carbonyl (C=O) groups is 2. The highest BCUT2D eigenvalue weighted by Crippen LogP contribution is 1.96. The van der Waals surface area contributed by atoms with E-state index in [4.69, 9.17) is 5.11 Å². The molecule has 5 heteroatoms. The van der Waals surface area contributed by atoms with Gasteiger partial charge in [-0.1, -0.05) is 13.3 Å². The molecule has 0 heterocycles. The first-order valence-electron chi connectivity index (χ1n) is 5.31. The van der Waals surface area contributed by atoms with E-state index >= 15 is 0 Å². The molecule has 5 nitrogen and oxygen atoms in total. The van der Waals surface area contributed by atoms with Crippen molar-refractivity contribution in [2.45, 2.75) is 39.7 Å². The number of carboxylic acids is 1. The molecule has 0 aromatic heterocycles. The maximum absolute atomic E-state index is 11.5. The van der Waals surface area contributed by atoms with E-state index < -0.39 is 12.0 Å². The third kappa shape index (κ3) is 5.24. The van der Waals surface area contributed by atoms with Crippen molar-refractivity contribution in [3.63, 3.8) is 0 Å². The van der Waals surface area contributed by atoms with Gasteiger partial charge in [0.1, 0.15) is 6.04 Å². The van der Waals surface area contributed by atoms with E-state index in [1.54, 1.807) is 4.90 Å². The summed E-state index contributed by atoms with van der Waals surface area (Å²) >= 11 is 0. The number of amides is 2. The Morgan fingerprint density at radius 1 is 1.40 bits per heavy atom. The maximum Gasteiger partial charge on any atom is 0.325 e. The first-order chi connectivity index (χ1) is 7.02. The quantitative estimate of drug-likeness (QED) is 0.703. The van der Waals surface area contributed by atoms with Gasteiger partial charge in [-0.15, -0.1) is 0 Å². The predicted octanol–water partition coefficient (Wildman–Crippen LogP) is 1.29. The number of hydrogen-bond acceptors (Lipinski definition) is 2. The second-order valence-corrected chi connectivity index (χ2v) is 3.44. The Labute approximate surface area is 90.5 Å². The number of carboxylic acid groups (broad SMARTS) is 1. The van der Waals surface area contributed by atoms with Gasteiger partial charge in [-0.3, -0.25) is 4.79 Å². The molecule has 0 spiro atoms. The summed E-state index contributed by atoms with van der Waals surface area (Å²) in [6.07, 6.45) is 1.95. The highest BCUT2D eigenvalue weighted by molar-refractivity contribution is 5.82. The van der Waals surface area contributed by atoms with Crippen LogP contribution in [0.1, 0.15) is 33.6 Å². The van der Waals surface area contributed by atoms with Gasteiger partial charge < -0.3 is 15.3 Å². The number of nitrogens with zero attached hydrogens (tertiary/aromatic N) is 1. The fourth-order valence-electron chi connectivity index (χ4n) is 1.09. The molecule has 0 rings (SSSR count). The molecule has 0 aliphatic carbocycles. The molecular formula is C10H20N2O3. The maximum atomic E-state index is 11.5. The van der Waals surface area contributed by atoms with Gasteiger partial charge in [-0.2, -0.15) is 0 Å². The summed E-state index contributed by atoms with van der Waals surface area (Å²) in [6.45, 7) is 6.64. The molecule has 2 N–H and O–H groups in total. The molecule has 1 unspecified atom stereocenters. The number of nitrogens with one attached hydrogen (secondary N) is 1. The lowest BCUT2D eigenvalue weighted by atomic mass is 10.3. The van der Waals surface area contributed by atoms with Crippen molar-refractivity contribution < 1.29 is 14.7 Å². The van der Waals surface area contributed by atoms with Crippen molar-refractivity contribution in [1.82, 2.24) is 10.2 Å². The summed E-state index contributed by atoms with van der Waals surface area (Å²) < 4.78 is 0. The van der Waals surface area contributed by atoms with E-state index in [2.05, 4.69) is 5.32 Å². The molecule has 0 fully saturated rings. The van der Waals surface area contributed by atoms with Crippen LogP contribution in [0.3, 0.4) is 0 Å². The average Bonchev–Trinajstić information content (AvgIpc) is 2.18. The van der Waals surface area contributed by atoms with E-state index in [0.29, 0.717) is 13.1 Å². The standard InChI is InChI=1S/C10H20N2O3/c1-4-6-7-12(5-2)10(15)11-8(3)9(13)14/h8H,4-7H2,1-3H3,(H,11,15)(H,13,14). The largest absolute Gasteiger partial charge is 0.480 e. The molecule has 0 aromatic carbocycles. The first-order valence-corrected chi connectivity index (χ1v) is 5.31. The van der Waals surface area contributed by atoms with E-state index in [9.17, 15) is 9.59 Å². The number of aliphatic carboxylic acids is 1. The van der Waals surface area contributed by atoms with Crippen molar-refractivity contribution >= 4 is 12.0 Å². The molecule has 88 valence electrons. The summed E-state index contributed by atoms with van der Waals surface area (Å²) in [4.78, 5) is 23.7. The minimum absolute atomic E-state index is 0.305. The zero-order valence-electron chi connectivity index (χ0n) is 9.62. The zero-order valence-corrected chi connectivity index (χ0v) is 9.62. The van der Waals surface area contributed by atoms with Gasteiger partial charge in [-0.05, 0) is 20.3 Å². The van der Waals surface area contributed by atoms with E-state index in [-0.39, 0.29) is 6.03 Å². The molecule has 0 aliphatic heterocycles. The highest BCUT2D eigenvalue weighted by Gasteiger charge is 2.17. The lowest BCUT2D eigenvalue weighted by Gasteiger charge is -2.22. The Morgan fingerprint density at radius 2 is 2.00 bits per heavy atom. The molecule has 1 atom stereocenters. The van der Waals surface area contributed by atoms with Gasteiger partial charge in [0.25, 0.3) is 0 Å². The van der Waals surface area contributed by atoms with Crippen LogP contribution in [0.15, 0.2) is 0 Å². The van der Waals surface area contributed by atoms with Gasteiger partial charge >= 0.3 is 12.0 Å². The second kappa shape index (κ2) is 7.09. The van der Waals surface area contributed by atoms with Gasteiger partial charge in [0.15, 0.2) is 0 Å². The van der Waals surface area contributed by atoms with E-state index in [1.807, 2.05) is 13.8 Å². The molecule has 0 aromatic rings. The minimum Gasteiger partial charge on any atom is -0.480 e. The molecule has 2 amide bonds. The molecule has 0 bridgehead atoms. The van der Waals surface area contributed by atoms with Crippen LogP contribution in [-0.4, -0.2) is 41.1 Å². The summed E-state index contributed by atoms with van der Waals surface area (Å²) in [7, 11) is 0. The smallest absolute Gasteiger partial charge is 0.325 e. The third-order valence-corrected chi connectivity index (χ3v) is 2.16. The predicted molar refractivity (Wildman–Crippen MR) is 57.8 cm³/mol. The summed E-state index contributed by atoms with van der Waals surface area (Å²) in [5.74, 6) is -1.02. The monoisotopic (exact) mass is 216 g/mol. The van der Waals surface area contributed by atoms with Crippen molar-refractivity contribution in [2.75, 3.05) is 13.1 Å². The van der Waals surface area contributed by atoms with Crippen LogP contribution in [-0.2, 0) is 4.79 Å². The summed E-state index contributed by atoms with van der Waals surface area (Å²) in [5.41, 5.74) is 0. The lowest BCUT2D eigenvalue weighted by molar-refractivity contribution is -0.138. The molecule has 0 saturated heterocycles. The Bertz CT molecular complexity index is 219. The number of rotatable bonds is 6. The van der Waals surface area contributed by atoms with Crippen LogP contribution in [0.4, 0.5) is 4.79 Å². The first kappa shape index (κ1) is 13.7. The second-order valence-electron chi connectivity index (χ2n) is 3.44. The molecule has 0 radical (unpaired) electrons. The lowest BCUT2D eigenvalue weighted by Crippen LogP contribution is -2.46. The van der Waals surface area contributed by atoms with Gasteiger partial charge in [0.05, 0.1) is 0 Å². The van der Waals surface area contributed by atoms with Crippen molar-refractivity contribution in [1.29, 1.82) is 0 Å². The van der Waals surface area contributed by atoms with Crippen LogP contribution in [0.5, 0.6) is 0 Å². The molecule has 0 saturated carbocycles. The van der Waals surface area contributed by atoms with Crippen LogP contribution in [0.2, 0.25) is 0 Å². The van der Waals surface area contributed by atoms with Crippen molar-refractivity contribution in [2.24, 2.45) is 0 Å². The zero-order chi connectivity index (χ0) is 11.8. The summed E-state index contributed by atoms with van der Waals surface area (Å²) in [5, 5.41) is 11.1. The van der Waals surface area contributed by atoms with Crippen LogP contribution in [0.25, 0.3) is 0 Å². The Morgan fingerprint density at radius 3 is 2.40 bits per heavy atom. The number of carbonyl (C=O) groups excluding carboxylic acids is 1. The fraction of sp³-hybridized carbons (Fsp3) is 0.800.